The SMILES string of the molecule is CC(=O)C1CCCN1Cc1ccccc1B(O)O. The lowest BCUT2D eigenvalue weighted by Crippen LogP contribution is -2.39. The Bertz CT molecular complexity index is 436. The molecular formula is C13H18BNO3. The minimum absolute atomic E-state index is 0.0195. The summed E-state index contributed by atoms with van der Waals surface area (Å²) in [6.07, 6.45) is 1.92. The maximum Gasteiger partial charge on any atom is 0.488 e. The monoisotopic (exact) mass is 247 g/mol. The van der Waals surface area contributed by atoms with E-state index < -0.39 is 7.12 Å². The van der Waals surface area contributed by atoms with Gasteiger partial charge in [0.25, 0.3) is 0 Å². The van der Waals surface area contributed by atoms with Crippen LogP contribution in [0.25, 0.3) is 0 Å². The zero-order valence-electron chi connectivity index (χ0n) is 10.5. The molecule has 0 aliphatic carbocycles. The average Bonchev–Trinajstić information content (AvgIpc) is 2.77. The second-order valence-electron chi connectivity index (χ2n) is 4.81. The normalized spacial score (nSPS) is 20.1. The Balaban J connectivity index is 2.16. The van der Waals surface area contributed by atoms with Crippen LogP contribution in [0, 0.1) is 0 Å². The molecule has 1 aromatic rings. The van der Waals surface area contributed by atoms with Gasteiger partial charge in [-0.05, 0) is 37.3 Å². The number of carbonyl (C=O) groups is 1. The number of likely N-dealkylation sites (tertiary alicyclic amines) is 1. The fourth-order valence-corrected chi connectivity index (χ4v) is 2.62. The van der Waals surface area contributed by atoms with E-state index in [2.05, 4.69) is 4.90 Å². The van der Waals surface area contributed by atoms with Crippen molar-refractivity contribution in [2.45, 2.75) is 32.4 Å². The van der Waals surface area contributed by atoms with Gasteiger partial charge in [-0.1, -0.05) is 24.3 Å². The standard InChI is InChI=1S/C13H18BNO3/c1-10(16)13-7-4-8-15(13)9-11-5-2-3-6-12(11)14(17)18/h2-3,5-6,13,17-18H,4,7-9H2,1H3. The van der Waals surface area contributed by atoms with Crippen molar-refractivity contribution >= 4 is 18.4 Å². The third-order valence-electron chi connectivity index (χ3n) is 3.54. The number of nitrogens with zero attached hydrogens (tertiary/aromatic N) is 1. The van der Waals surface area contributed by atoms with Gasteiger partial charge >= 0.3 is 7.12 Å². The first-order valence-corrected chi connectivity index (χ1v) is 6.28. The van der Waals surface area contributed by atoms with Crippen LogP contribution >= 0.6 is 0 Å². The molecule has 1 aliphatic heterocycles. The Hall–Kier alpha value is -1.17. The Morgan fingerprint density at radius 1 is 1.44 bits per heavy atom. The lowest BCUT2D eigenvalue weighted by atomic mass is 9.77. The summed E-state index contributed by atoms with van der Waals surface area (Å²) >= 11 is 0. The summed E-state index contributed by atoms with van der Waals surface area (Å²) in [7, 11) is -1.46. The van der Waals surface area contributed by atoms with Crippen molar-refractivity contribution in [2.24, 2.45) is 0 Å². The molecule has 4 nitrogen and oxygen atoms in total. The van der Waals surface area contributed by atoms with Crippen LogP contribution in [0.5, 0.6) is 0 Å². The molecule has 1 fully saturated rings. The van der Waals surface area contributed by atoms with Gasteiger partial charge in [0.1, 0.15) is 5.78 Å². The van der Waals surface area contributed by atoms with Crippen LogP contribution in [-0.4, -0.2) is 40.4 Å². The molecular weight excluding hydrogens is 229 g/mol. The van der Waals surface area contributed by atoms with E-state index in [0.717, 1.165) is 24.9 Å². The van der Waals surface area contributed by atoms with Gasteiger partial charge in [0.15, 0.2) is 0 Å². The van der Waals surface area contributed by atoms with Gasteiger partial charge in [-0.25, -0.2) is 0 Å². The minimum atomic E-state index is -1.46. The van der Waals surface area contributed by atoms with Gasteiger partial charge in [0, 0.05) is 6.54 Å². The highest BCUT2D eigenvalue weighted by atomic mass is 16.4. The quantitative estimate of drug-likeness (QED) is 0.730. The largest absolute Gasteiger partial charge is 0.488 e. The number of rotatable bonds is 4. The van der Waals surface area contributed by atoms with Gasteiger partial charge < -0.3 is 10.0 Å². The van der Waals surface area contributed by atoms with Gasteiger partial charge in [-0.15, -0.1) is 0 Å². The van der Waals surface area contributed by atoms with Crippen molar-refractivity contribution in [2.75, 3.05) is 6.54 Å². The summed E-state index contributed by atoms with van der Waals surface area (Å²) in [6.45, 7) is 3.11. The number of Topliss-reactive ketones (excluding diaryl/α,β-unsaturated/α-hetero) is 1. The van der Waals surface area contributed by atoms with Crippen LogP contribution in [0.2, 0.25) is 0 Å². The van der Waals surface area contributed by atoms with E-state index in [-0.39, 0.29) is 11.8 Å². The van der Waals surface area contributed by atoms with Gasteiger partial charge in [-0.3, -0.25) is 9.69 Å². The van der Waals surface area contributed by atoms with Crippen LogP contribution in [-0.2, 0) is 11.3 Å². The van der Waals surface area contributed by atoms with Gasteiger partial charge in [-0.2, -0.15) is 0 Å². The maximum atomic E-state index is 11.5. The van der Waals surface area contributed by atoms with Crippen molar-refractivity contribution in [3.8, 4) is 0 Å². The molecule has 1 aromatic carbocycles. The van der Waals surface area contributed by atoms with Crippen LogP contribution in [0.15, 0.2) is 24.3 Å². The van der Waals surface area contributed by atoms with Crippen LogP contribution in [0.4, 0.5) is 0 Å². The van der Waals surface area contributed by atoms with Gasteiger partial charge in [0.2, 0.25) is 0 Å². The molecule has 1 saturated heterocycles. The second-order valence-corrected chi connectivity index (χ2v) is 4.81. The fourth-order valence-electron chi connectivity index (χ4n) is 2.62. The molecule has 0 radical (unpaired) electrons. The number of ketones is 1. The van der Waals surface area contributed by atoms with Crippen molar-refractivity contribution < 1.29 is 14.8 Å². The summed E-state index contributed by atoms with van der Waals surface area (Å²) in [6, 6.07) is 7.22. The minimum Gasteiger partial charge on any atom is -0.423 e. The van der Waals surface area contributed by atoms with E-state index in [0.29, 0.717) is 12.0 Å². The third-order valence-corrected chi connectivity index (χ3v) is 3.54. The van der Waals surface area contributed by atoms with Crippen molar-refractivity contribution in [3.05, 3.63) is 29.8 Å². The number of benzene rings is 1. The molecule has 0 amide bonds. The molecule has 2 rings (SSSR count). The predicted octanol–water partition coefficient (Wildman–Crippen LogP) is -0.0802. The van der Waals surface area contributed by atoms with E-state index in [1.807, 2.05) is 12.1 Å². The highest BCUT2D eigenvalue weighted by Crippen LogP contribution is 2.20. The fraction of sp³-hybridized carbons (Fsp3) is 0.462. The molecule has 1 aliphatic rings. The zero-order valence-corrected chi connectivity index (χ0v) is 10.5. The van der Waals surface area contributed by atoms with Crippen molar-refractivity contribution in [1.82, 2.24) is 4.90 Å². The van der Waals surface area contributed by atoms with E-state index in [1.165, 1.54) is 0 Å². The van der Waals surface area contributed by atoms with Crippen molar-refractivity contribution in [3.63, 3.8) is 0 Å². The lowest BCUT2D eigenvalue weighted by Gasteiger charge is -2.23. The highest BCUT2D eigenvalue weighted by Gasteiger charge is 2.29. The summed E-state index contributed by atoms with van der Waals surface area (Å²) in [4.78, 5) is 13.6. The first-order valence-electron chi connectivity index (χ1n) is 6.28. The van der Waals surface area contributed by atoms with Crippen LogP contribution in [0.1, 0.15) is 25.3 Å². The van der Waals surface area contributed by atoms with Crippen LogP contribution in [0.3, 0.4) is 0 Å². The molecule has 5 heteroatoms. The molecule has 96 valence electrons. The summed E-state index contributed by atoms with van der Waals surface area (Å²) in [5.74, 6) is 0.189. The first-order chi connectivity index (χ1) is 8.59. The van der Waals surface area contributed by atoms with E-state index in [1.54, 1.807) is 19.1 Å². The topological polar surface area (TPSA) is 60.8 Å². The molecule has 0 spiro atoms. The number of carbonyl (C=O) groups excluding carboxylic acids is 1. The van der Waals surface area contributed by atoms with E-state index >= 15 is 0 Å². The van der Waals surface area contributed by atoms with Gasteiger partial charge in [0.05, 0.1) is 6.04 Å². The highest BCUT2D eigenvalue weighted by molar-refractivity contribution is 6.59. The molecule has 0 saturated carbocycles. The first kappa shape index (κ1) is 13.3. The summed E-state index contributed by atoms with van der Waals surface area (Å²) in [5.41, 5.74) is 1.40. The Kier molecular flexibility index (Phi) is 4.17. The Morgan fingerprint density at radius 3 is 2.83 bits per heavy atom. The Morgan fingerprint density at radius 2 is 2.17 bits per heavy atom. The summed E-state index contributed by atoms with van der Waals surface area (Å²) < 4.78 is 0. The van der Waals surface area contributed by atoms with E-state index in [9.17, 15) is 14.8 Å². The number of hydrogen-bond donors (Lipinski definition) is 2. The average molecular weight is 247 g/mol. The summed E-state index contributed by atoms with van der Waals surface area (Å²) in [5, 5.41) is 18.6. The molecule has 1 heterocycles. The predicted molar refractivity (Wildman–Crippen MR) is 70.4 cm³/mol. The second kappa shape index (κ2) is 5.65. The maximum absolute atomic E-state index is 11.5. The zero-order chi connectivity index (χ0) is 13.1. The molecule has 1 atom stereocenters. The van der Waals surface area contributed by atoms with Crippen molar-refractivity contribution in [1.29, 1.82) is 0 Å². The molecule has 0 bridgehead atoms. The number of hydrogen-bond acceptors (Lipinski definition) is 4. The smallest absolute Gasteiger partial charge is 0.423 e. The molecule has 1 unspecified atom stereocenters. The Labute approximate surface area is 107 Å². The van der Waals surface area contributed by atoms with Crippen LogP contribution < -0.4 is 5.46 Å². The van der Waals surface area contributed by atoms with E-state index in [4.69, 9.17) is 0 Å². The molecule has 0 aromatic heterocycles. The molecule has 2 N–H and O–H groups in total. The lowest BCUT2D eigenvalue weighted by molar-refractivity contribution is -0.121. The third kappa shape index (κ3) is 2.80. The molecule has 18 heavy (non-hydrogen) atoms.